The van der Waals surface area contributed by atoms with E-state index in [2.05, 4.69) is 35.2 Å². The number of rotatable bonds is 2. The molecule has 2 aromatic rings. The van der Waals surface area contributed by atoms with Gasteiger partial charge in [0.25, 0.3) is 5.91 Å². The van der Waals surface area contributed by atoms with E-state index in [0.29, 0.717) is 0 Å². The quantitative estimate of drug-likeness (QED) is 0.825. The Kier molecular flexibility index (Phi) is 4.24. The highest BCUT2D eigenvalue weighted by Gasteiger charge is 2.23. The molecule has 0 spiro atoms. The second kappa shape index (κ2) is 6.68. The molecule has 4 rings (SSSR count). The number of fused-ring (bicyclic) bond motifs is 1. The minimum atomic E-state index is 0.118. The number of hydrogen-bond acceptors (Lipinski definition) is 2. The van der Waals surface area contributed by atoms with E-state index in [1.54, 1.807) is 0 Å². The Morgan fingerprint density at radius 1 is 0.792 bits per heavy atom. The molecule has 3 heteroatoms. The van der Waals surface area contributed by atoms with Gasteiger partial charge in [-0.2, -0.15) is 0 Å². The average molecular weight is 320 g/mol. The van der Waals surface area contributed by atoms with Crippen molar-refractivity contribution >= 4 is 17.3 Å². The van der Waals surface area contributed by atoms with E-state index in [-0.39, 0.29) is 5.91 Å². The Hall–Kier alpha value is -2.29. The lowest BCUT2D eigenvalue weighted by molar-refractivity contribution is 0.0985. The molecule has 2 aliphatic heterocycles. The van der Waals surface area contributed by atoms with Crippen molar-refractivity contribution in [3.8, 4) is 0 Å². The largest absolute Gasteiger partial charge is 0.372 e. The predicted octanol–water partition coefficient (Wildman–Crippen LogP) is 4.27. The van der Waals surface area contributed by atoms with Crippen LogP contribution in [-0.2, 0) is 6.42 Å². The van der Waals surface area contributed by atoms with Gasteiger partial charge in [0.05, 0.1) is 0 Å². The van der Waals surface area contributed by atoms with Crippen molar-refractivity contribution in [1.82, 2.24) is 0 Å². The number of amides is 1. The van der Waals surface area contributed by atoms with Crippen LogP contribution in [0.2, 0.25) is 0 Å². The minimum Gasteiger partial charge on any atom is -0.372 e. The molecule has 2 aliphatic rings. The summed E-state index contributed by atoms with van der Waals surface area (Å²) < 4.78 is 0. The zero-order chi connectivity index (χ0) is 16.4. The van der Waals surface area contributed by atoms with Gasteiger partial charge in [-0.1, -0.05) is 18.2 Å². The third-order valence-electron chi connectivity index (χ3n) is 5.19. The van der Waals surface area contributed by atoms with Gasteiger partial charge in [0.15, 0.2) is 0 Å². The summed E-state index contributed by atoms with van der Waals surface area (Å²) in [5.74, 6) is 0.118. The molecule has 1 saturated heterocycles. The fourth-order valence-corrected chi connectivity index (χ4v) is 3.87. The molecule has 0 aliphatic carbocycles. The Balaban J connectivity index is 1.55. The first-order valence-electron chi connectivity index (χ1n) is 9.08. The van der Waals surface area contributed by atoms with Gasteiger partial charge in [-0.15, -0.1) is 0 Å². The Morgan fingerprint density at radius 2 is 1.54 bits per heavy atom. The van der Waals surface area contributed by atoms with Crippen LogP contribution < -0.4 is 9.80 Å². The van der Waals surface area contributed by atoms with E-state index in [9.17, 15) is 4.79 Å². The minimum absolute atomic E-state index is 0.118. The highest BCUT2D eigenvalue weighted by atomic mass is 16.2. The van der Waals surface area contributed by atoms with Crippen LogP contribution in [0.1, 0.15) is 41.6 Å². The molecular formula is C21H24N2O. The highest BCUT2D eigenvalue weighted by molar-refractivity contribution is 6.06. The summed E-state index contributed by atoms with van der Waals surface area (Å²) >= 11 is 0. The van der Waals surface area contributed by atoms with E-state index in [1.165, 1.54) is 30.5 Å². The third kappa shape index (κ3) is 2.91. The van der Waals surface area contributed by atoms with Crippen LogP contribution in [0.4, 0.5) is 11.4 Å². The van der Waals surface area contributed by atoms with Crippen molar-refractivity contribution in [2.75, 3.05) is 29.4 Å². The van der Waals surface area contributed by atoms with E-state index in [4.69, 9.17) is 0 Å². The van der Waals surface area contributed by atoms with E-state index in [0.717, 1.165) is 43.7 Å². The number of hydrogen-bond donors (Lipinski definition) is 0. The second-order valence-electron chi connectivity index (χ2n) is 6.78. The molecule has 0 N–H and O–H groups in total. The number of para-hydroxylation sites is 1. The van der Waals surface area contributed by atoms with Gasteiger partial charge < -0.3 is 9.80 Å². The molecule has 0 atom stereocenters. The summed E-state index contributed by atoms with van der Waals surface area (Å²) in [5.41, 5.74) is 4.38. The molecule has 1 fully saturated rings. The number of anilines is 2. The highest BCUT2D eigenvalue weighted by Crippen LogP contribution is 2.28. The third-order valence-corrected chi connectivity index (χ3v) is 5.19. The number of aryl methyl sites for hydroxylation is 1. The van der Waals surface area contributed by atoms with Crippen LogP contribution in [0.5, 0.6) is 0 Å². The zero-order valence-electron chi connectivity index (χ0n) is 14.1. The lowest BCUT2D eigenvalue weighted by Gasteiger charge is -2.30. The maximum Gasteiger partial charge on any atom is 0.258 e. The number of carbonyl (C=O) groups excluding carboxylic acids is 1. The normalized spacial score (nSPS) is 17.5. The van der Waals surface area contributed by atoms with Crippen molar-refractivity contribution in [3.05, 3.63) is 59.7 Å². The fraction of sp³-hybridized carbons (Fsp3) is 0.381. The maximum absolute atomic E-state index is 13.0. The lowest BCUT2D eigenvalue weighted by Crippen LogP contribution is -2.35. The number of carbonyl (C=O) groups is 1. The van der Waals surface area contributed by atoms with Crippen molar-refractivity contribution in [3.63, 3.8) is 0 Å². The number of benzene rings is 2. The van der Waals surface area contributed by atoms with Crippen LogP contribution in [-0.4, -0.2) is 25.5 Å². The molecule has 1 amide bonds. The van der Waals surface area contributed by atoms with Gasteiger partial charge in [0.2, 0.25) is 0 Å². The van der Waals surface area contributed by atoms with Gasteiger partial charge in [-0.3, -0.25) is 4.79 Å². The molecule has 124 valence electrons. The topological polar surface area (TPSA) is 23.6 Å². The molecule has 3 nitrogen and oxygen atoms in total. The van der Waals surface area contributed by atoms with Gasteiger partial charge in [-0.05, 0) is 68.0 Å². The summed E-state index contributed by atoms with van der Waals surface area (Å²) in [6.45, 7) is 3.07. The molecule has 0 bridgehead atoms. The zero-order valence-corrected chi connectivity index (χ0v) is 14.1. The fourth-order valence-electron chi connectivity index (χ4n) is 3.87. The van der Waals surface area contributed by atoms with Crippen LogP contribution in [0.3, 0.4) is 0 Å². The Bertz CT molecular complexity index is 717. The SMILES string of the molecule is O=C(c1ccc(N2CCCCC2)cc1)N1CCCc2ccccc21. The molecule has 0 saturated carbocycles. The molecule has 2 aromatic carbocycles. The molecular weight excluding hydrogens is 296 g/mol. The van der Waals surface area contributed by atoms with Crippen LogP contribution in [0.15, 0.2) is 48.5 Å². The summed E-state index contributed by atoms with van der Waals surface area (Å²) in [4.78, 5) is 17.3. The predicted molar refractivity (Wildman–Crippen MR) is 98.9 cm³/mol. The van der Waals surface area contributed by atoms with Gasteiger partial charge >= 0.3 is 0 Å². The molecule has 0 unspecified atom stereocenters. The van der Waals surface area contributed by atoms with Crippen molar-refractivity contribution < 1.29 is 4.79 Å². The van der Waals surface area contributed by atoms with E-state index >= 15 is 0 Å². The van der Waals surface area contributed by atoms with E-state index < -0.39 is 0 Å². The average Bonchev–Trinajstić information content (AvgIpc) is 2.68. The first kappa shape index (κ1) is 15.3. The first-order valence-corrected chi connectivity index (χ1v) is 9.08. The van der Waals surface area contributed by atoms with Crippen molar-refractivity contribution in [2.45, 2.75) is 32.1 Å². The van der Waals surface area contributed by atoms with Crippen molar-refractivity contribution in [2.24, 2.45) is 0 Å². The van der Waals surface area contributed by atoms with Gasteiger partial charge in [-0.25, -0.2) is 0 Å². The number of nitrogens with zero attached hydrogens (tertiary/aromatic N) is 2. The smallest absolute Gasteiger partial charge is 0.258 e. The first-order chi connectivity index (χ1) is 11.8. The summed E-state index contributed by atoms with van der Waals surface area (Å²) in [6, 6.07) is 16.5. The summed E-state index contributed by atoms with van der Waals surface area (Å²) in [5, 5.41) is 0. The standard InChI is InChI=1S/C21H24N2O/c24-21(23-16-6-8-17-7-2-3-9-20(17)23)18-10-12-19(13-11-18)22-14-4-1-5-15-22/h2-3,7,9-13H,1,4-6,8,14-16H2. The van der Waals surface area contributed by atoms with Gasteiger partial charge in [0.1, 0.15) is 0 Å². The molecule has 0 aromatic heterocycles. The monoisotopic (exact) mass is 320 g/mol. The van der Waals surface area contributed by atoms with Crippen LogP contribution in [0, 0.1) is 0 Å². The summed E-state index contributed by atoms with van der Waals surface area (Å²) in [7, 11) is 0. The van der Waals surface area contributed by atoms with Gasteiger partial charge in [0, 0.05) is 36.6 Å². The molecule has 0 radical (unpaired) electrons. The van der Waals surface area contributed by atoms with Crippen LogP contribution in [0.25, 0.3) is 0 Å². The molecule has 24 heavy (non-hydrogen) atoms. The Morgan fingerprint density at radius 3 is 2.33 bits per heavy atom. The summed E-state index contributed by atoms with van der Waals surface area (Å²) in [6.07, 6.45) is 5.97. The molecule has 2 heterocycles. The van der Waals surface area contributed by atoms with Crippen LogP contribution >= 0.6 is 0 Å². The number of piperidine rings is 1. The maximum atomic E-state index is 13.0. The van der Waals surface area contributed by atoms with Crippen molar-refractivity contribution in [1.29, 1.82) is 0 Å². The van der Waals surface area contributed by atoms with E-state index in [1.807, 2.05) is 23.1 Å². The lowest BCUT2D eigenvalue weighted by atomic mass is 10.0. The second-order valence-corrected chi connectivity index (χ2v) is 6.78. The Labute approximate surface area is 143 Å².